The van der Waals surface area contributed by atoms with Crippen molar-refractivity contribution in [3.05, 3.63) is 29.8 Å². The zero-order valence-electron chi connectivity index (χ0n) is 11.4. The molecule has 0 bridgehead atoms. The molecule has 19 heavy (non-hydrogen) atoms. The van der Waals surface area contributed by atoms with Crippen molar-refractivity contribution in [3.63, 3.8) is 0 Å². The third kappa shape index (κ3) is 4.25. The summed E-state index contributed by atoms with van der Waals surface area (Å²) in [7, 11) is 0. The van der Waals surface area contributed by atoms with Gasteiger partial charge in [-0.2, -0.15) is 0 Å². The molecule has 104 valence electrons. The van der Waals surface area contributed by atoms with E-state index in [1.54, 1.807) is 11.8 Å². The number of carbonyl (C=O) groups excluding carboxylic acids is 1. The molecular formula is C15H22N2OS. The standard InChI is InChI=1S/C15H22N2OS/c1-19-14-5-3-2-4-12(14)8-11-17-15(18)13-6-9-16-10-7-13/h2-5,13,16H,6-11H2,1H3,(H,17,18). The molecule has 0 aromatic heterocycles. The smallest absolute Gasteiger partial charge is 0.223 e. The summed E-state index contributed by atoms with van der Waals surface area (Å²) in [5.74, 6) is 0.431. The second-order valence-corrected chi connectivity index (χ2v) is 5.73. The molecule has 1 aromatic rings. The van der Waals surface area contributed by atoms with Gasteiger partial charge in [-0.05, 0) is 50.2 Å². The van der Waals surface area contributed by atoms with Gasteiger partial charge in [0.15, 0.2) is 0 Å². The first-order chi connectivity index (χ1) is 9.31. The number of piperidine rings is 1. The molecule has 0 saturated carbocycles. The van der Waals surface area contributed by atoms with E-state index in [1.807, 2.05) is 0 Å². The zero-order chi connectivity index (χ0) is 13.5. The lowest BCUT2D eigenvalue weighted by molar-refractivity contribution is -0.125. The van der Waals surface area contributed by atoms with Crippen molar-refractivity contribution in [3.8, 4) is 0 Å². The minimum atomic E-state index is 0.206. The van der Waals surface area contributed by atoms with E-state index in [1.165, 1.54) is 10.5 Å². The molecule has 1 aliphatic heterocycles. The summed E-state index contributed by atoms with van der Waals surface area (Å²) in [5, 5.41) is 6.36. The summed E-state index contributed by atoms with van der Waals surface area (Å²) < 4.78 is 0. The Hall–Kier alpha value is -1.00. The lowest BCUT2D eigenvalue weighted by Gasteiger charge is -2.21. The van der Waals surface area contributed by atoms with Gasteiger partial charge in [-0.25, -0.2) is 0 Å². The molecule has 0 aliphatic carbocycles. The maximum atomic E-state index is 12.0. The molecule has 2 rings (SSSR count). The van der Waals surface area contributed by atoms with Gasteiger partial charge in [-0.15, -0.1) is 11.8 Å². The highest BCUT2D eigenvalue weighted by Crippen LogP contribution is 2.20. The third-order valence-electron chi connectivity index (χ3n) is 3.60. The Balaban J connectivity index is 1.78. The first-order valence-electron chi connectivity index (χ1n) is 6.91. The van der Waals surface area contributed by atoms with E-state index in [9.17, 15) is 4.79 Å². The molecule has 2 N–H and O–H groups in total. The van der Waals surface area contributed by atoms with Gasteiger partial charge in [-0.3, -0.25) is 4.79 Å². The minimum Gasteiger partial charge on any atom is -0.356 e. The fourth-order valence-electron chi connectivity index (χ4n) is 2.46. The highest BCUT2D eigenvalue weighted by molar-refractivity contribution is 7.98. The van der Waals surface area contributed by atoms with Gasteiger partial charge in [0, 0.05) is 17.4 Å². The molecule has 0 spiro atoms. The predicted octanol–water partition coefficient (Wildman–Crippen LogP) is 2.07. The first kappa shape index (κ1) is 14.4. The monoisotopic (exact) mass is 278 g/mol. The Morgan fingerprint density at radius 3 is 2.84 bits per heavy atom. The fraction of sp³-hybridized carbons (Fsp3) is 0.533. The molecule has 1 aliphatic rings. The lowest BCUT2D eigenvalue weighted by atomic mass is 9.97. The molecule has 0 radical (unpaired) electrons. The van der Waals surface area contributed by atoms with Gasteiger partial charge < -0.3 is 10.6 Å². The van der Waals surface area contributed by atoms with Crippen LogP contribution in [-0.2, 0) is 11.2 Å². The van der Waals surface area contributed by atoms with Gasteiger partial charge >= 0.3 is 0 Å². The number of hydrogen-bond donors (Lipinski definition) is 2. The second kappa shape index (κ2) is 7.56. The van der Waals surface area contributed by atoms with Crippen LogP contribution in [0.2, 0.25) is 0 Å². The molecule has 1 amide bonds. The van der Waals surface area contributed by atoms with Crippen LogP contribution in [0.25, 0.3) is 0 Å². The van der Waals surface area contributed by atoms with Crippen LogP contribution in [0.15, 0.2) is 29.2 Å². The van der Waals surface area contributed by atoms with E-state index in [4.69, 9.17) is 0 Å². The lowest BCUT2D eigenvalue weighted by Crippen LogP contribution is -2.38. The number of thioether (sulfide) groups is 1. The second-order valence-electron chi connectivity index (χ2n) is 4.88. The average Bonchev–Trinajstić information content (AvgIpc) is 2.48. The van der Waals surface area contributed by atoms with Gasteiger partial charge in [0.2, 0.25) is 5.91 Å². The normalized spacial score (nSPS) is 16.3. The van der Waals surface area contributed by atoms with Crippen molar-refractivity contribution in [2.45, 2.75) is 24.2 Å². The minimum absolute atomic E-state index is 0.206. The van der Waals surface area contributed by atoms with E-state index >= 15 is 0 Å². The number of carbonyl (C=O) groups is 1. The van der Waals surface area contributed by atoms with Gasteiger partial charge in [0.05, 0.1) is 0 Å². The number of amides is 1. The van der Waals surface area contributed by atoms with Crippen LogP contribution in [0.1, 0.15) is 18.4 Å². The van der Waals surface area contributed by atoms with Crippen molar-refractivity contribution in [2.75, 3.05) is 25.9 Å². The Labute approximate surface area is 119 Å². The Bertz CT molecular complexity index is 416. The fourth-order valence-corrected chi connectivity index (χ4v) is 3.11. The molecule has 1 aromatic carbocycles. The summed E-state index contributed by atoms with van der Waals surface area (Å²) in [6.07, 6.45) is 4.93. The zero-order valence-corrected chi connectivity index (χ0v) is 12.3. The molecule has 1 fully saturated rings. The molecule has 4 heteroatoms. The maximum absolute atomic E-state index is 12.0. The van der Waals surface area contributed by atoms with Gasteiger partial charge in [0.1, 0.15) is 0 Å². The maximum Gasteiger partial charge on any atom is 0.223 e. The van der Waals surface area contributed by atoms with Crippen molar-refractivity contribution in [1.29, 1.82) is 0 Å². The van der Waals surface area contributed by atoms with Crippen molar-refractivity contribution in [1.82, 2.24) is 10.6 Å². The van der Waals surface area contributed by atoms with Crippen molar-refractivity contribution < 1.29 is 4.79 Å². The van der Waals surface area contributed by atoms with Gasteiger partial charge in [-0.1, -0.05) is 18.2 Å². The number of rotatable bonds is 5. The first-order valence-corrected chi connectivity index (χ1v) is 8.14. The van der Waals surface area contributed by atoms with E-state index in [2.05, 4.69) is 41.2 Å². The Kier molecular flexibility index (Phi) is 5.73. The number of hydrogen-bond acceptors (Lipinski definition) is 3. The van der Waals surface area contributed by atoms with Crippen LogP contribution in [0.3, 0.4) is 0 Å². The van der Waals surface area contributed by atoms with Crippen LogP contribution >= 0.6 is 11.8 Å². The van der Waals surface area contributed by atoms with Crippen LogP contribution in [0, 0.1) is 5.92 Å². The van der Waals surface area contributed by atoms with Crippen LogP contribution in [0.5, 0.6) is 0 Å². The summed E-state index contributed by atoms with van der Waals surface area (Å²) in [4.78, 5) is 13.3. The van der Waals surface area contributed by atoms with Gasteiger partial charge in [0.25, 0.3) is 0 Å². The van der Waals surface area contributed by atoms with E-state index in [0.29, 0.717) is 0 Å². The molecule has 3 nitrogen and oxygen atoms in total. The topological polar surface area (TPSA) is 41.1 Å². The molecule has 1 heterocycles. The number of nitrogens with one attached hydrogen (secondary N) is 2. The average molecular weight is 278 g/mol. The van der Waals surface area contributed by atoms with E-state index in [-0.39, 0.29) is 11.8 Å². The molecule has 1 saturated heterocycles. The largest absolute Gasteiger partial charge is 0.356 e. The van der Waals surface area contributed by atoms with Crippen LogP contribution < -0.4 is 10.6 Å². The highest BCUT2D eigenvalue weighted by Gasteiger charge is 2.20. The molecule has 0 atom stereocenters. The SMILES string of the molecule is CSc1ccccc1CCNC(=O)C1CCNCC1. The molecular weight excluding hydrogens is 256 g/mol. The third-order valence-corrected chi connectivity index (χ3v) is 4.43. The molecule has 0 unspecified atom stereocenters. The van der Waals surface area contributed by atoms with E-state index in [0.717, 1.165) is 38.9 Å². The summed E-state index contributed by atoms with van der Waals surface area (Å²) in [6, 6.07) is 8.39. The Morgan fingerprint density at radius 2 is 2.11 bits per heavy atom. The van der Waals surface area contributed by atoms with E-state index < -0.39 is 0 Å². The summed E-state index contributed by atoms with van der Waals surface area (Å²) in [6.45, 7) is 2.67. The van der Waals surface area contributed by atoms with Crippen molar-refractivity contribution >= 4 is 17.7 Å². The number of benzene rings is 1. The highest BCUT2D eigenvalue weighted by atomic mass is 32.2. The van der Waals surface area contributed by atoms with Crippen LogP contribution in [0.4, 0.5) is 0 Å². The quantitative estimate of drug-likeness (QED) is 0.810. The summed E-state index contributed by atoms with van der Waals surface area (Å²) in [5.41, 5.74) is 1.32. The van der Waals surface area contributed by atoms with Crippen molar-refractivity contribution in [2.24, 2.45) is 5.92 Å². The summed E-state index contributed by atoms with van der Waals surface area (Å²) >= 11 is 1.76. The predicted molar refractivity (Wildman–Crippen MR) is 80.5 cm³/mol. The van der Waals surface area contributed by atoms with Crippen LogP contribution in [-0.4, -0.2) is 31.8 Å². The Morgan fingerprint density at radius 1 is 1.37 bits per heavy atom.